The Hall–Kier alpha value is -2.40. The Bertz CT molecular complexity index is 801. The van der Waals surface area contributed by atoms with Crippen molar-refractivity contribution in [2.45, 2.75) is 6.92 Å². The highest BCUT2D eigenvalue weighted by Crippen LogP contribution is 2.35. The molecule has 1 aliphatic heterocycles. The molecule has 0 atom stereocenters. The predicted molar refractivity (Wildman–Crippen MR) is 88.4 cm³/mol. The molecule has 22 heavy (non-hydrogen) atoms. The number of amidine groups is 1. The first-order valence-corrected chi connectivity index (χ1v) is 7.51. The molecule has 3 rings (SSSR count). The van der Waals surface area contributed by atoms with E-state index in [0.29, 0.717) is 16.2 Å². The molecule has 2 aromatic rings. The average Bonchev–Trinajstić information content (AvgIpc) is 2.76. The Kier molecular flexibility index (Phi) is 3.81. The molecule has 1 heterocycles. The van der Waals surface area contributed by atoms with Gasteiger partial charge in [-0.25, -0.2) is 4.39 Å². The lowest BCUT2D eigenvalue weighted by atomic mass is 10.2. The molecule has 1 N–H and O–H groups in total. The van der Waals surface area contributed by atoms with Gasteiger partial charge in [0.05, 0.1) is 10.6 Å². The molecule has 1 saturated heterocycles. The number of thioether (sulfide) groups is 1. The lowest BCUT2D eigenvalue weighted by molar-refractivity contribution is -0.113. The van der Waals surface area contributed by atoms with Crippen molar-refractivity contribution in [1.29, 1.82) is 5.41 Å². The van der Waals surface area contributed by atoms with Crippen LogP contribution in [-0.4, -0.2) is 11.1 Å². The van der Waals surface area contributed by atoms with Crippen LogP contribution >= 0.6 is 11.8 Å². The van der Waals surface area contributed by atoms with E-state index in [9.17, 15) is 9.18 Å². The number of amides is 1. The van der Waals surface area contributed by atoms with E-state index in [-0.39, 0.29) is 16.9 Å². The summed E-state index contributed by atoms with van der Waals surface area (Å²) in [7, 11) is 0. The van der Waals surface area contributed by atoms with Crippen LogP contribution < -0.4 is 4.90 Å². The summed E-state index contributed by atoms with van der Waals surface area (Å²) in [6, 6.07) is 13.7. The summed E-state index contributed by atoms with van der Waals surface area (Å²) in [5, 5.41) is 8.15. The second-order valence-electron chi connectivity index (χ2n) is 4.92. The van der Waals surface area contributed by atoms with Crippen molar-refractivity contribution in [2.24, 2.45) is 0 Å². The van der Waals surface area contributed by atoms with E-state index < -0.39 is 0 Å². The molecule has 3 nitrogen and oxygen atoms in total. The Morgan fingerprint density at radius 3 is 2.68 bits per heavy atom. The quantitative estimate of drug-likeness (QED) is 0.845. The minimum Gasteiger partial charge on any atom is -0.278 e. The van der Waals surface area contributed by atoms with Crippen LogP contribution in [0.15, 0.2) is 53.4 Å². The molecule has 0 bridgehead atoms. The summed E-state index contributed by atoms with van der Waals surface area (Å²) in [6.07, 6.45) is 1.49. The molecule has 0 unspecified atom stereocenters. The van der Waals surface area contributed by atoms with Crippen molar-refractivity contribution in [1.82, 2.24) is 0 Å². The van der Waals surface area contributed by atoms with Crippen LogP contribution in [0.3, 0.4) is 0 Å². The summed E-state index contributed by atoms with van der Waals surface area (Å²) in [5.41, 5.74) is 2.01. The molecule has 0 aliphatic carbocycles. The van der Waals surface area contributed by atoms with Crippen LogP contribution in [0.1, 0.15) is 11.1 Å². The summed E-state index contributed by atoms with van der Waals surface area (Å²) < 4.78 is 13.7. The highest BCUT2D eigenvalue weighted by Gasteiger charge is 2.33. The number of carbonyl (C=O) groups is 1. The number of halogens is 1. The zero-order chi connectivity index (χ0) is 15.7. The zero-order valence-electron chi connectivity index (χ0n) is 11.8. The van der Waals surface area contributed by atoms with Gasteiger partial charge in [0.1, 0.15) is 5.82 Å². The molecule has 0 radical (unpaired) electrons. The van der Waals surface area contributed by atoms with E-state index in [4.69, 9.17) is 5.41 Å². The maximum atomic E-state index is 13.7. The fourth-order valence-corrected chi connectivity index (χ4v) is 3.07. The molecule has 5 heteroatoms. The number of nitrogens with one attached hydrogen (secondary N) is 1. The molecule has 1 aliphatic rings. The summed E-state index contributed by atoms with van der Waals surface area (Å²) in [4.78, 5) is 14.2. The van der Waals surface area contributed by atoms with Gasteiger partial charge >= 0.3 is 0 Å². The van der Waals surface area contributed by atoms with Crippen LogP contribution in [-0.2, 0) is 4.79 Å². The number of aryl methyl sites for hydroxylation is 1. The van der Waals surface area contributed by atoms with Crippen molar-refractivity contribution in [3.8, 4) is 0 Å². The Morgan fingerprint density at radius 2 is 1.95 bits per heavy atom. The second-order valence-corrected chi connectivity index (χ2v) is 5.95. The van der Waals surface area contributed by atoms with Crippen LogP contribution in [0.25, 0.3) is 6.08 Å². The van der Waals surface area contributed by atoms with Crippen molar-refractivity contribution in [2.75, 3.05) is 4.90 Å². The smallest absolute Gasteiger partial charge is 0.271 e. The molecule has 0 spiro atoms. The third-order valence-electron chi connectivity index (χ3n) is 3.28. The SMILES string of the molecule is Cc1cccc(N2C(=N)S/C(=C\c3ccccc3F)C2=O)c1. The van der Waals surface area contributed by atoms with Gasteiger partial charge in [-0.2, -0.15) is 0 Å². The van der Waals surface area contributed by atoms with Gasteiger partial charge in [0, 0.05) is 5.56 Å². The molecule has 2 aromatic carbocycles. The Balaban J connectivity index is 1.97. The number of hydrogen-bond acceptors (Lipinski definition) is 3. The van der Waals surface area contributed by atoms with E-state index in [1.54, 1.807) is 24.3 Å². The van der Waals surface area contributed by atoms with Gasteiger partial charge in [0.15, 0.2) is 5.17 Å². The minimum atomic E-state index is -0.385. The van der Waals surface area contributed by atoms with Crippen molar-refractivity contribution in [3.63, 3.8) is 0 Å². The van der Waals surface area contributed by atoms with Crippen LogP contribution in [0.4, 0.5) is 10.1 Å². The molecule has 110 valence electrons. The highest BCUT2D eigenvalue weighted by atomic mass is 32.2. The van der Waals surface area contributed by atoms with Crippen molar-refractivity contribution in [3.05, 3.63) is 70.4 Å². The molecular weight excluding hydrogens is 299 g/mol. The number of hydrogen-bond donors (Lipinski definition) is 1. The molecule has 1 fully saturated rings. The lowest BCUT2D eigenvalue weighted by Crippen LogP contribution is -2.28. The first-order chi connectivity index (χ1) is 10.6. The Morgan fingerprint density at radius 1 is 1.18 bits per heavy atom. The molecule has 0 aromatic heterocycles. The largest absolute Gasteiger partial charge is 0.278 e. The third-order valence-corrected chi connectivity index (χ3v) is 4.16. The van der Waals surface area contributed by atoms with Gasteiger partial charge in [-0.05, 0) is 48.5 Å². The first kappa shape index (κ1) is 14.5. The number of nitrogens with zero attached hydrogens (tertiary/aromatic N) is 1. The molecular formula is C17H13FN2OS. The van der Waals surface area contributed by atoms with Crippen molar-refractivity contribution < 1.29 is 9.18 Å². The Labute approximate surface area is 132 Å². The topological polar surface area (TPSA) is 44.2 Å². The van der Waals surface area contributed by atoms with Crippen LogP contribution in [0, 0.1) is 18.2 Å². The average molecular weight is 312 g/mol. The first-order valence-electron chi connectivity index (χ1n) is 6.70. The van der Waals surface area contributed by atoms with Gasteiger partial charge in [0.25, 0.3) is 5.91 Å². The number of carbonyl (C=O) groups excluding carboxylic acids is 1. The van der Waals surface area contributed by atoms with Gasteiger partial charge in [-0.3, -0.25) is 15.1 Å². The van der Waals surface area contributed by atoms with Crippen molar-refractivity contribution >= 4 is 34.6 Å². The van der Waals surface area contributed by atoms with Gasteiger partial charge in [0.2, 0.25) is 0 Å². The highest BCUT2D eigenvalue weighted by molar-refractivity contribution is 8.19. The second kappa shape index (κ2) is 5.77. The van der Waals surface area contributed by atoms with Gasteiger partial charge in [-0.1, -0.05) is 30.3 Å². The van der Waals surface area contributed by atoms with Crippen LogP contribution in [0.5, 0.6) is 0 Å². The van der Waals surface area contributed by atoms with E-state index >= 15 is 0 Å². The summed E-state index contributed by atoms with van der Waals surface area (Å²) in [5.74, 6) is -0.687. The maximum Gasteiger partial charge on any atom is 0.271 e. The van der Waals surface area contributed by atoms with E-state index in [1.165, 1.54) is 17.0 Å². The summed E-state index contributed by atoms with van der Waals surface area (Å²) in [6.45, 7) is 1.93. The van der Waals surface area contributed by atoms with Gasteiger partial charge < -0.3 is 0 Å². The normalized spacial score (nSPS) is 16.6. The lowest BCUT2D eigenvalue weighted by Gasteiger charge is -2.14. The monoisotopic (exact) mass is 312 g/mol. The predicted octanol–water partition coefficient (Wildman–Crippen LogP) is 4.19. The van der Waals surface area contributed by atoms with Gasteiger partial charge in [-0.15, -0.1) is 0 Å². The van der Waals surface area contributed by atoms with E-state index in [2.05, 4.69) is 0 Å². The number of benzene rings is 2. The zero-order valence-corrected chi connectivity index (χ0v) is 12.7. The fraction of sp³-hybridized carbons (Fsp3) is 0.0588. The third kappa shape index (κ3) is 2.67. The fourth-order valence-electron chi connectivity index (χ4n) is 2.22. The number of rotatable bonds is 2. The standard InChI is InChI=1S/C17H13FN2OS/c1-11-5-4-7-13(9-11)20-16(21)15(22-17(20)19)10-12-6-2-3-8-14(12)18/h2-10,19H,1H3/b15-10-,19-17?. The van der Waals surface area contributed by atoms with Crippen LogP contribution in [0.2, 0.25) is 0 Å². The van der Waals surface area contributed by atoms with E-state index in [0.717, 1.165) is 17.3 Å². The molecule has 0 saturated carbocycles. The summed E-state index contributed by atoms with van der Waals surface area (Å²) >= 11 is 1.04. The maximum absolute atomic E-state index is 13.7. The number of anilines is 1. The van der Waals surface area contributed by atoms with E-state index in [1.807, 2.05) is 25.1 Å². The molecule has 1 amide bonds. The minimum absolute atomic E-state index is 0.123.